The van der Waals surface area contributed by atoms with Gasteiger partial charge in [0.15, 0.2) is 0 Å². The van der Waals surface area contributed by atoms with E-state index in [-0.39, 0.29) is 6.54 Å². The summed E-state index contributed by atoms with van der Waals surface area (Å²) in [7, 11) is 0. The van der Waals surface area contributed by atoms with Crippen LogP contribution in [-0.2, 0) is 13.0 Å². The molecule has 0 aliphatic rings. The van der Waals surface area contributed by atoms with Gasteiger partial charge in [0.05, 0.1) is 12.1 Å². The maximum Gasteiger partial charge on any atom is 0.108 e. The number of aliphatic hydroxyl groups is 1. The van der Waals surface area contributed by atoms with Crippen LogP contribution in [0, 0.1) is 0 Å². The second-order valence-electron chi connectivity index (χ2n) is 3.53. The number of hydrogen-bond acceptors (Lipinski definition) is 3. The lowest BCUT2D eigenvalue weighted by molar-refractivity contribution is 0.0499. The molecular formula is C9H17N3O. The van der Waals surface area contributed by atoms with Gasteiger partial charge in [0.1, 0.15) is 5.82 Å². The molecule has 0 spiro atoms. The molecule has 1 rings (SSSR count). The van der Waals surface area contributed by atoms with Crippen molar-refractivity contribution in [1.29, 1.82) is 0 Å². The number of rotatable bonds is 4. The van der Waals surface area contributed by atoms with Crippen molar-refractivity contribution in [3.8, 4) is 0 Å². The van der Waals surface area contributed by atoms with E-state index in [1.54, 1.807) is 13.1 Å². The summed E-state index contributed by atoms with van der Waals surface area (Å²) in [4.78, 5) is 4.16. The summed E-state index contributed by atoms with van der Waals surface area (Å²) < 4.78 is 1.94. The molecule has 13 heavy (non-hydrogen) atoms. The third-order valence-corrected chi connectivity index (χ3v) is 2.07. The van der Waals surface area contributed by atoms with Gasteiger partial charge < -0.3 is 15.4 Å². The summed E-state index contributed by atoms with van der Waals surface area (Å²) in [6.45, 7) is 4.53. The van der Waals surface area contributed by atoms with Gasteiger partial charge in [0, 0.05) is 25.4 Å². The number of aromatic nitrogens is 2. The van der Waals surface area contributed by atoms with Crippen LogP contribution in [0.15, 0.2) is 12.4 Å². The zero-order valence-electron chi connectivity index (χ0n) is 8.20. The van der Waals surface area contributed by atoms with Crippen molar-refractivity contribution < 1.29 is 5.11 Å². The fourth-order valence-electron chi connectivity index (χ4n) is 1.23. The Morgan fingerprint density at radius 1 is 1.69 bits per heavy atom. The summed E-state index contributed by atoms with van der Waals surface area (Å²) >= 11 is 0. The standard InChI is InChI=1S/C9H17N3O/c1-3-8-11-4-5-12(8)7-9(2,13)6-10/h4-5,13H,3,6-7,10H2,1-2H3. The lowest BCUT2D eigenvalue weighted by Gasteiger charge is -2.22. The van der Waals surface area contributed by atoms with E-state index < -0.39 is 5.60 Å². The Balaban J connectivity index is 2.73. The first-order valence-electron chi connectivity index (χ1n) is 4.51. The van der Waals surface area contributed by atoms with E-state index in [0.29, 0.717) is 6.54 Å². The number of nitrogens with zero attached hydrogens (tertiary/aromatic N) is 2. The molecule has 4 nitrogen and oxygen atoms in total. The third kappa shape index (κ3) is 2.54. The van der Waals surface area contributed by atoms with Gasteiger partial charge in [0.2, 0.25) is 0 Å². The zero-order valence-corrected chi connectivity index (χ0v) is 8.20. The van der Waals surface area contributed by atoms with E-state index in [2.05, 4.69) is 4.98 Å². The molecule has 0 saturated carbocycles. The average molecular weight is 183 g/mol. The van der Waals surface area contributed by atoms with Gasteiger partial charge in [-0.25, -0.2) is 4.98 Å². The molecule has 74 valence electrons. The van der Waals surface area contributed by atoms with Crippen LogP contribution in [0.4, 0.5) is 0 Å². The van der Waals surface area contributed by atoms with Gasteiger partial charge >= 0.3 is 0 Å². The van der Waals surface area contributed by atoms with Gasteiger partial charge in [-0.3, -0.25) is 0 Å². The van der Waals surface area contributed by atoms with Crippen LogP contribution in [-0.4, -0.2) is 26.8 Å². The molecule has 3 N–H and O–H groups in total. The van der Waals surface area contributed by atoms with Gasteiger partial charge in [-0.15, -0.1) is 0 Å². The molecule has 0 aliphatic heterocycles. The number of hydrogen-bond donors (Lipinski definition) is 2. The SMILES string of the molecule is CCc1nccn1CC(C)(O)CN. The van der Waals surface area contributed by atoms with Crippen molar-refractivity contribution in [1.82, 2.24) is 9.55 Å². The molecule has 1 heterocycles. The fraction of sp³-hybridized carbons (Fsp3) is 0.667. The monoisotopic (exact) mass is 183 g/mol. The van der Waals surface area contributed by atoms with Gasteiger partial charge in [-0.05, 0) is 6.92 Å². The molecule has 0 saturated heterocycles. The summed E-state index contributed by atoms with van der Waals surface area (Å²) in [5.74, 6) is 0.980. The maximum absolute atomic E-state index is 9.74. The molecule has 0 amide bonds. The van der Waals surface area contributed by atoms with Crippen LogP contribution in [0.1, 0.15) is 19.7 Å². The lowest BCUT2D eigenvalue weighted by Crippen LogP contribution is -2.38. The minimum absolute atomic E-state index is 0.258. The summed E-state index contributed by atoms with van der Waals surface area (Å²) in [5, 5.41) is 9.74. The number of imidazole rings is 1. The molecule has 0 fully saturated rings. The lowest BCUT2D eigenvalue weighted by atomic mass is 10.1. The first-order chi connectivity index (χ1) is 6.09. The number of aryl methyl sites for hydroxylation is 1. The van der Waals surface area contributed by atoms with Crippen molar-refractivity contribution in [2.45, 2.75) is 32.4 Å². The molecule has 1 aromatic heterocycles. The first-order valence-corrected chi connectivity index (χ1v) is 4.51. The van der Waals surface area contributed by atoms with E-state index in [4.69, 9.17) is 5.73 Å². The molecule has 0 radical (unpaired) electrons. The van der Waals surface area contributed by atoms with Crippen LogP contribution >= 0.6 is 0 Å². The predicted octanol–water partition coefficient (Wildman–Crippen LogP) is 0.155. The zero-order chi connectivity index (χ0) is 9.90. The second kappa shape index (κ2) is 3.89. The van der Waals surface area contributed by atoms with Crippen LogP contribution in [0.3, 0.4) is 0 Å². The van der Waals surface area contributed by atoms with E-state index in [1.165, 1.54) is 0 Å². The van der Waals surface area contributed by atoms with Crippen molar-refractivity contribution in [3.63, 3.8) is 0 Å². The Bertz CT molecular complexity index is 268. The predicted molar refractivity (Wildman–Crippen MR) is 51.3 cm³/mol. The van der Waals surface area contributed by atoms with E-state index in [0.717, 1.165) is 12.2 Å². The normalized spacial score (nSPS) is 15.7. The molecule has 1 aromatic rings. The van der Waals surface area contributed by atoms with Gasteiger partial charge in [0.25, 0.3) is 0 Å². The van der Waals surface area contributed by atoms with Crippen molar-refractivity contribution in [2.24, 2.45) is 5.73 Å². The Hall–Kier alpha value is -0.870. The summed E-state index contributed by atoms with van der Waals surface area (Å²) in [6, 6.07) is 0. The van der Waals surface area contributed by atoms with E-state index in [9.17, 15) is 5.11 Å². The van der Waals surface area contributed by atoms with Gasteiger partial charge in [-0.1, -0.05) is 6.92 Å². The van der Waals surface area contributed by atoms with Crippen LogP contribution in [0.5, 0.6) is 0 Å². The fourth-order valence-corrected chi connectivity index (χ4v) is 1.23. The Kier molecular flexibility index (Phi) is 3.06. The summed E-state index contributed by atoms with van der Waals surface area (Å²) in [5.41, 5.74) is 4.59. The third-order valence-electron chi connectivity index (χ3n) is 2.07. The Morgan fingerprint density at radius 2 is 2.38 bits per heavy atom. The van der Waals surface area contributed by atoms with Crippen LogP contribution < -0.4 is 5.73 Å². The molecule has 0 aromatic carbocycles. The number of nitrogens with two attached hydrogens (primary N) is 1. The highest BCUT2D eigenvalue weighted by atomic mass is 16.3. The smallest absolute Gasteiger partial charge is 0.108 e. The summed E-state index contributed by atoms with van der Waals surface area (Å²) in [6.07, 6.45) is 4.47. The second-order valence-corrected chi connectivity index (χ2v) is 3.53. The van der Waals surface area contributed by atoms with Crippen LogP contribution in [0.25, 0.3) is 0 Å². The molecule has 0 bridgehead atoms. The van der Waals surface area contributed by atoms with Crippen molar-refractivity contribution in [2.75, 3.05) is 6.54 Å². The molecular weight excluding hydrogens is 166 g/mol. The van der Waals surface area contributed by atoms with Gasteiger partial charge in [-0.2, -0.15) is 0 Å². The molecule has 1 atom stereocenters. The van der Waals surface area contributed by atoms with Crippen LogP contribution in [0.2, 0.25) is 0 Å². The average Bonchev–Trinajstić information content (AvgIpc) is 2.51. The molecule has 1 unspecified atom stereocenters. The van der Waals surface area contributed by atoms with E-state index >= 15 is 0 Å². The van der Waals surface area contributed by atoms with Crippen molar-refractivity contribution in [3.05, 3.63) is 18.2 Å². The topological polar surface area (TPSA) is 64.1 Å². The van der Waals surface area contributed by atoms with E-state index in [1.807, 2.05) is 17.7 Å². The largest absolute Gasteiger partial charge is 0.387 e. The minimum atomic E-state index is -0.843. The molecule has 0 aliphatic carbocycles. The Labute approximate surface area is 78.4 Å². The quantitative estimate of drug-likeness (QED) is 0.698. The molecule has 4 heteroatoms. The first kappa shape index (κ1) is 10.2. The highest BCUT2D eigenvalue weighted by Crippen LogP contribution is 2.07. The maximum atomic E-state index is 9.74. The van der Waals surface area contributed by atoms with Crippen molar-refractivity contribution >= 4 is 0 Å². The Morgan fingerprint density at radius 3 is 2.92 bits per heavy atom. The minimum Gasteiger partial charge on any atom is -0.387 e. The highest BCUT2D eigenvalue weighted by molar-refractivity contribution is 4.93. The highest BCUT2D eigenvalue weighted by Gasteiger charge is 2.19.